The molecule has 3 rings (SSSR count). The number of pyridine rings is 1. The Kier molecular flexibility index (Phi) is 7.53. The molecule has 0 amide bonds. The zero-order chi connectivity index (χ0) is 22.4. The van der Waals surface area contributed by atoms with Gasteiger partial charge < -0.3 is 14.6 Å². The van der Waals surface area contributed by atoms with E-state index in [1.54, 1.807) is 24.3 Å². The van der Waals surface area contributed by atoms with Gasteiger partial charge in [-0.15, -0.1) is 0 Å². The Balaban J connectivity index is 1.97. The minimum absolute atomic E-state index is 0.0396. The summed E-state index contributed by atoms with van der Waals surface area (Å²) in [6.45, 7) is 6.78. The van der Waals surface area contributed by atoms with Crippen LogP contribution in [0.4, 0.5) is 0 Å². The third-order valence-corrected chi connectivity index (χ3v) is 5.03. The lowest BCUT2D eigenvalue weighted by Gasteiger charge is -2.16. The van der Waals surface area contributed by atoms with Gasteiger partial charge >= 0.3 is 5.97 Å². The Morgan fingerprint density at radius 3 is 2.55 bits per heavy atom. The standard InChI is InChI=1S/C25H26ClNO4/c1-4-13-30-24-14-17(26)9-10-19(24)21-12-11-20(25(28)29)22(27-21)15-31-23-8-6-5-7-18(23)16(2)3/h5-12,14,16H,4,13,15H2,1-3H3,(H,28,29). The Hall–Kier alpha value is -3.05. The molecule has 6 heteroatoms. The summed E-state index contributed by atoms with van der Waals surface area (Å²) in [5.74, 6) is 0.566. The van der Waals surface area contributed by atoms with Crippen molar-refractivity contribution in [2.45, 2.75) is 39.7 Å². The lowest BCUT2D eigenvalue weighted by molar-refractivity contribution is 0.0693. The van der Waals surface area contributed by atoms with Crippen molar-refractivity contribution in [1.82, 2.24) is 4.98 Å². The third kappa shape index (κ3) is 5.56. The van der Waals surface area contributed by atoms with E-state index in [9.17, 15) is 9.90 Å². The lowest BCUT2D eigenvalue weighted by Crippen LogP contribution is -2.10. The van der Waals surface area contributed by atoms with E-state index in [2.05, 4.69) is 18.8 Å². The van der Waals surface area contributed by atoms with Crippen LogP contribution in [0.1, 0.15) is 54.7 Å². The van der Waals surface area contributed by atoms with Gasteiger partial charge in [0, 0.05) is 10.6 Å². The van der Waals surface area contributed by atoms with Crippen molar-refractivity contribution < 1.29 is 19.4 Å². The molecule has 31 heavy (non-hydrogen) atoms. The van der Waals surface area contributed by atoms with Crippen LogP contribution in [0.3, 0.4) is 0 Å². The summed E-state index contributed by atoms with van der Waals surface area (Å²) in [7, 11) is 0. The summed E-state index contributed by atoms with van der Waals surface area (Å²) >= 11 is 6.14. The first-order valence-electron chi connectivity index (χ1n) is 10.3. The van der Waals surface area contributed by atoms with Crippen LogP contribution < -0.4 is 9.47 Å². The molecule has 0 saturated carbocycles. The number of rotatable bonds is 9. The van der Waals surface area contributed by atoms with Gasteiger partial charge in [0.05, 0.1) is 23.6 Å². The smallest absolute Gasteiger partial charge is 0.337 e. The number of para-hydroxylation sites is 1. The van der Waals surface area contributed by atoms with Crippen molar-refractivity contribution in [1.29, 1.82) is 0 Å². The van der Waals surface area contributed by atoms with Crippen molar-refractivity contribution in [3.63, 3.8) is 0 Å². The number of carboxylic acid groups (broad SMARTS) is 1. The molecule has 0 fully saturated rings. The molecule has 3 aromatic rings. The van der Waals surface area contributed by atoms with Gasteiger partial charge in [0.15, 0.2) is 0 Å². The van der Waals surface area contributed by atoms with E-state index in [1.165, 1.54) is 0 Å². The van der Waals surface area contributed by atoms with Crippen LogP contribution in [0, 0.1) is 0 Å². The lowest BCUT2D eigenvalue weighted by atomic mass is 10.0. The minimum atomic E-state index is -1.05. The molecule has 0 unspecified atom stereocenters. The van der Waals surface area contributed by atoms with Crippen LogP contribution in [0.5, 0.6) is 11.5 Å². The maximum atomic E-state index is 11.8. The molecule has 0 radical (unpaired) electrons. The van der Waals surface area contributed by atoms with Gasteiger partial charge in [-0.25, -0.2) is 9.78 Å². The van der Waals surface area contributed by atoms with Crippen LogP contribution in [0.2, 0.25) is 5.02 Å². The van der Waals surface area contributed by atoms with Crippen molar-refractivity contribution >= 4 is 17.6 Å². The van der Waals surface area contributed by atoms with Crippen molar-refractivity contribution in [3.05, 3.63) is 76.4 Å². The number of carboxylic acids is 1. The molecule has 1 N–H and O–H groups in total. The normalized spacial score (nSPS) is 10.9. The second-order valence-corrected chi connectivity index (χ2v) is 7.90. The van der Waals surface area contributed by atoms with Gasteiger partial charge in [-0.2, -0.15) is 0 Å². The highest BCUT2D eigenvalue weighted by atomic mass is 35.5. The van der Waals surface area contributed by atoms with E-state index in [1.807, 2.05) is 37.3 Å². The highest BCUT2D eigenvalue weighted by molar-refractivity contribution is 6.30. The molecule has 0 bridgehead atoms. The molecule has 2 aromatic carbocycles. The van der Waals surface area contributed by atoms with Crippen molar-refractivity contribution in [3.8, 4) is 22.8 Å². The first-order chi connectivity index (χ1) is 14.9. The number of hydrogen-bond donors (Lipinski definition) is 1. The van der Waals surface area contributed by atoms with E-state index in [0.29, 0.717) is 28.8 Å². The molecule has 5 nitrogen and oxygen atoms in total. The number of aromatic carboxylic acids is 1. The molecule has 0 aliphatic rings. The molecule has 1 heterocycles. The zero-order valence-corrected chi connectivity index (χ0v) is 18.6. The maximum Gasteiger partial charge on any atom is 0.337 e. The number of aromatic nitrogens is 1. The summed E-state index contributed by atoms with van der Waals surface area (Å²) in [5.41, 5.74) is 2.86. The first-order valence-corrected chi connectivity index (χ1v) is 10.7. The fourth-order valence-electron chi connectivity index (χ4n) is 3.23. The summed E-state index contributed by atoms with van der Waals surface area (Å²) in [4.78, 5) is 16.4. The zero-order valence-electron chi connectivity index (χ0n) is 17.9. The Labute approximate surface area is 187 Å². The number of hydrogen-bond acceptors (Lipinski definition) is 4. The quantitative estimate of drug-likeness (QED) is 0.407. The topological polar surface area (TPSA) is 68.7 Å². The van der Waals surface area contributed by atoms with Crippen LogP contribution in [0.15, 0.2) is 54.6 Å². The van der Waals surface area contributed by atoms with E-state index in [4.69, 9.17) is 21.1 Å². The number of carbonyl (C=O) groups is 1. The molecule has 0 aliphatic carbocycles. The van der Waals surface area contributed by atoms with E-state index in [0.717, 1.165) is 23.3 Å². The summed E-state index contributed by atoms with van der Waals surface area (Å²) in [5, 5.41) is 10.2. The van der Waals surface area contributed by atoms with Gasteiger partial charge in [-0.3, -0.25) is 0 Å². The van der Waals surface area contributed by atoms with E-state index < -0.39 is 5.97 Å². The number of benzene rings is 2. The summed E-state index contributed by atoms with van der Waals surface area (Å²) < 4.78 is 11.8. The highest BCUT2D eigenvalue weighted by Crippen LogP contribution is 2.33. The number of halogens is 1. The Morgan fingerprint density at radius 1 is 1.06 bits per heavy atom. The summed E-state index contributed by atoms with van der Waals surface area (Å²) in [6, 6.07) is 16.3. The summed E-state index contributed by atoms with van der Waals surface area (Å²) in [6.07, 6.45) is 0.853. The maximum absolute atomic E-state index is 11.8. The molecule has 162 valence electrons. The van der Waals surface area contributed by atoms with E-state index in [-0.39, 0.29) is 18.1 Å². The predicted octanol–water partition coefficient (Wildman–Crippen LogP) is 6.59. The second kappa shape index (κ2) is 10.3. The van der Waals surface area contributed by atoms with E-state index >= 15 is 0 Å². The van der Waals surface area contributed by atoms with Crippen molar-refractivity contribution in [2.24, 2.45) is 0 Å². The fourth-order valence-corrected chi connectivity index (χ4v) is 3.39. The molecule has 0 atom stereocenters. The first kappa shape index (κ1) is 22.6. The van der Waals surface area contributed by atoms with Crippen LogP contribution in [0.25, 0.3) is 11.3 Å². The molecule has 0 aliphatic heterocycles. The fraction of sp³-hybridized carbons (Fsp3) is 0.280. The Bertz CT molecular complexity index is 1070. The Morgan fingerprint density at radius 2 is 1.84 bits per heavy atom. The van der Waals surface area contributed by atoms with Gasteiger partial charge in [-0.05, 0) is 54.3 Å². The van der Waals surface area contributed by atoms with Crippen LogP contribution in [-0.4, -0.2) is 22.7 Å². The van der Waals surface area contributed by atoms with Crippen LogP contribution in [-0.2, 0) is 6.61 Å². The molecule has 0 saturated heterocycles. The molecule has 1 aromatic heterocycles. The monoisotopic (exact) mass is 439 g/mol. The minimum Gasteiger partial charge on any atom is -0.493 e. The molecular formula is C25H26ClNO4. The van der Waals surface area contributed by atoms with Crippen molar-refractivity contribution in [2.75, 3.05) is 6.61 Å². The molecule has 0 spiro atoms. The van der Waals surface area contributed by atoms with Gasteiger partial charge in [0.2, 0.25) is 0 Å². The number of nitrogens with zero attached hydrogens (tertiary/aromatic N) is 1. The highest BCUT2D eigenvalue weighted by Gasteiger charge is 2.17. The van der Waals surface area contributed by atoms with Crippen LogP contribution >= 0.6 is 11.6 Å². The number of ether oxygens (including phenoxy) is 2. The predicted molar refractivity (Wildman–Crippen MR) is 122 cm³/mol. The van der Waals surface area contributed by atoms with Gasteiger partial charge in [0.25, 0.3) is 0 Å². The average molecular weight is 440 g/mol. The van der Waals surface area contributed by atoms with Gasteiger partial charge in [-0.1, -0.05) is 50.6 Å². The largest absolute Gasteiger partial charge is 0.493 e. The third-order valence-electron chi connectivity index (χ3n) is 4.79. The SMILES string of the molecule is CCCOc1cc(Cl)ccc1-c1ccc(C(=O)O)c(COc2ccccc2C(C)C)n1. The second-order valence-electron chi connectivity index (χ2n) is 7.47. The molecular weight excluding hydrogens is 414 g/mol. The van der Waals surface area contributed by atoms with Gasteiger partial charge in [0.1, 0.15) is 18.1 Å². The average Bonchev–Trinajstić information content (AvgIpc) is 2.76.